The minimum absolute atomic E-state index is 0.145. The Morgan fingerprint density at radius 1 is 1.32 bits per heavy atom. The van der Waals surface area contributed by atoms with Gasteiger partial charge in [0.2, 0.25) is 0 Å². The molecule has 0 aliphatic heterocycles. The summed E-state index contributed by atoms with van der Waals surface area (Å²) in [4.78, 5) is 12.6. The minimum Gasteiger partial charge on any atom is -0.395 e. The van der Waals surface area contributed by atoms with E-state index in [1.807, 2.05) is 0 Å². The average molecular weight is 316 g/mol. The number of aliphatic hydroxyl groups excluding tert-OH is 1. The molecule has 0 atom stereocenters. The molecule has 1 rings (SSSR count). The second-order valence-corrected chi connectivity index (χ2v) is 4.43. The number of carbonyl (C=O) groups is 1. The van der Waals surface area contributed by atoms with Crippen molar-refractivity contribution in [3.05, 3.63) is 33.6 Å². The number of carbonyl (C=O) groups excluding carboxylic acids is 1. The first-order valence-electron chi connectivity index (χ1n) is 5.19. The zero-order valence-electron chi connectivity index (χ0n) is 9.55. The number of nitrogens with zero attached hydrogens (tertiary/aromatic N) is 1. The topological polar surface area (TPSA) is 40.5 Å². The molecule has 0 fully saturated rings. The number of rotatable bonds is 5. The van der Waals surface area contributed by atoms with E-state index in [1.165, 1.54) is 0 Å². The summed E-state index contributed by atoms with van der Waals surface area (Å²) in [5.74, 6) is -1.77. The van der Waals surface area contributed by atoms with Crippen molar-refractivity contribution in [1.82, 2.24) is 4.90 Å². The molecule has 0 aliphatic rings. The molecule has 0 aromatic heterocycles. The lowest BCUT2D eigenvalue weighted by molar-refractivity contribution is 0.0509. The summed E-state index contributed by atoms with van der Waals surface area (Å²) in [6, 6.07) is 1.80. The maximum atomic E-state index is 13.3. The fourth-order valence-electron chi connectivity index (χ4n) is 1.42. The van der Waals surface area contributed by atoms with Crippen molar-refractivity contribution in [2.75, 3.05) is 19.7 Å². The van der Waals surface area contributed by atoms with Crippen LogP contribution in [0.15, 0.2) is 12.1 Å². The van der Waals surface area contributed by atoms with Gasteiger partial charge in [0.05, 0.1) is 28.8 Å². The third-order valence-corrected chi connectivity index (χ3v) is 2.86. The van der Waals surface area contributed by atoms with Crippen molar-refractivity contribution in [3.63, 3.8) is 0 Å². The van der Waals surface area contributed by atoms with Crippen LogP contribution >= 0.6 is 23.2 Å². The SMILES string of the molecule is O=C(c1cc(F)c(Cl)cc1Cl)N(CCO)CC(F)F. The Morgan fingerprint density at radius 2 is 1.95 bits per heavy atom. The van der Waals surface area contributed by atoms with Gasteiger partial charge in [-0.05, 0) is 12.1 Å². The summed E-state index contributed by atoms with van der Waals surface area (Å²) in [6.07, 6.45) is -2.77. The Hall–Kier alpha value is -0.980. The van der Waals surface area contributed by atoms with Gasteiger partial charge in [0, 0.05) is 6.54 Å². The number of halogens is 5. The summed E-state index contributed by atoms with van der Waals surface area (Å²) in [5, 5.41) is 8.33. The molecule has 0 aliphatic carbocycles. The van der Waals surface area contributed by atoms with E-state index < -0.39 is 31.3 Å². The monoisotopic (exact) mass is 315 g/mol. The van der Waals surface area contributed by atoms with Gasteiger partial charge in [0.25, 0.3) is 12.3 Å². The lowest BCUT2D eigenvalue weighted by atomic mass is 10.2. The molecule has 19 heavy (non-hydrogen) atoms. The fourth-order valence-corrected chi connectivity index (χ4v) is 1.88. The Balaban J connectivity index is 3.05. The lowest BCUT2D eigenvalue weighted by Crippen LogP contribution is -2.37. The molecule has 106 valence electrons. The van der Waals surface area contributed by atoms with Gasteiger partial charge in [-0.25, -0.2) is 13.2 Å². The van der Waals surface area contributed by atoms with Crippen LogP contribution in [0.1, 0.15) is 10.4 Å². The minimum atomic E-state index is -2.77. The molecule has 0 saturated heterocycles. The van der Waals surface area contributed by atoms with Crippen molar-refractivity contribution in [2.45, 2.75) is 6.43 Å². The second kappa shape index (κ2) is 6.98. The molecule has 1 N–H and O–H groups in total. The summed E-state index contributed by atoms with van der Waals surface area (Å²) in [5.41, 5.74) is -0.280. The molecule has 0 saturated carbocycles. The summed E-state index contributed by atoms with van der Waals surface area (Å²) in [6.45, 7) is -1.67. The Kier molecular flexibility index (Phi) is 5.90. The molecular formula is C11H10Cl2F3NO2. The standard InChI is InChI=1S/C11H10Cl2F3NO2/c12-7-4-8(13)9(14)3-6(7)11(19)17(1-2-18)5-10(15)16/h3-4,10,18H,1-2,5H2. The highest BCUT2D eigenvalue weighted by Crippen LogP contribution is 2.25. The molecule has 1 amide bonds. The molecule has 0 radical (unpaired) electrons. The van der Waals surface area contributed by atoms with Gasteiger partial charge in [-0.1, -0.05) is 23.2 Å². The quantitative estimate of drug-likeness (QED) is 0.849. The van der Waals surface area contributed by atoms with E-state index in [0.717, 1.165) is 12.1 Å². The second-order valence-electron chi connectivity index (χ2n) is 3.61. The number of aliphatic hydroxyl groups is 1. The summed E-state index contributed by atoms with van der Waals surface area (Å²) >= 11 is 11.2. The highest BCUT2D eigenvalue weighted by atomic mass is 35.5. The van der Waals surface area contributed by atoms with Crippen molar-refractivity contribution in [2.24, 2.45) is 0 Å². The van der Waals surface area contributed by atoms with Gasteiger partial charge in [0.15, 0.2) is 0 Å². The Bertz CT molecular complexity index is 471. The molecule has 0 heterocycles. The lowest BCUT2D eigenvalue weighted by Gasteiger charge is -2.21. The van der Waals surface area contributed by atoms with Gasteiger partial charge in [0.1, 0.15) is 5.82 Å². The summed E-state index contributed by atoms with van der Waals surface area (Å²) in [7, 11) is 0. The smallest absolute Gasteiger partial charge is 0.255 e. The van der Waals surface area contributed by atoms with Gasteiger partial charge < -0.3 is 10.0 Å². The first kappa shape index (κ1) is 16.1. The molecule has 0 spiro atoms. The van der Waals surface area contributed by atoms with E-state index in [-0.39, 0.29) is 22.2 Å². The van der Waals surface area contributed by atoms with E-state index in [2.05, 4.69) is 0 Å². The molecule has 1 aromatic carbocycles. The number of hydrogen-bond donors (Lipinski definition) is 1. The normalized spacial score (nSPS) is 10.9. The van der Waals surface area contributed by atoms with Gasteiger partial charge >= 0.3 is 0 Å². The zero-order chi connectivity index (χ0) is 14.6. The van der Waals surface area contributed by atoms with Crippen LogP contribution < -0.4 is 0 Å². The van der Waals surface area contributed by atoms with Crippen LogP contribution in [-0.2, 0) is 0 Å². The zero-order valence-corrected chi connectivity index (χ0v) is 11.1. The molecule has 0 unspecified atom stereocenters. The maximum Gasteiger partial charge on any atom is 0.255 e. The van der Waals surface area contributed by atoms with Crippen LogP contribution in [0.2, 0.25) is 10.0 Å². The van der Waals surface area contributed by atoms with Crippen molar-refractivity contribution in [3.8, 4) is 0 Å². The number of amides is 1. The largest absolute Gasteiger partial charge is 0.395 e. The van der Waals surface area contributed by atoms with Gasteiger partial charge in [-0.3, -0.25) is 4.79 Å². The maximum absolute atomic E-state index is 13.3. The molecule has 8 heteroatoms. The van der Waals surface area contributed by atoms with Crippen molar-refractivity contribution < 1.29 is 23.1 Å². The predicted octanol–water partition coefficient (Wildman–Crippen LogP) is 2.83. The van der Waals surface area contributed by atoms with Crippen LogP contribution in [-0.4, -0.2) is 42.0 Å². The average Bonchev–Trinajstić information content (AvgIpc) is 2.32. The predicted molar refractivity (Wildman–Crippen MR) is 65.4 cm³/mol. The van der Waals surface area contributed by atoms with E-state index >= 15 is 0 Å². The van der Waals surface area contributed by atoms with Crippen molar-refractivity contribution in [1.29, 1.82) is 0 Å². The van der Waals surface area contributed by atoms with Crippen LogP contribution in [0.5, 0.6) is 0 Å². The van der Waals surface area contributed by atoms with Crippen LogP contribution in [0.4, 0.5) is 13.2 Å². The fraction of sp³-hybridized carbons (Fsp3) is 0.364. The molecular weight excluding hydrogens is 306 g/mol. The van der Waals surface area contributed by atoms with Crippen LogP contribution in [0.3, 0.4) is 0 Å². The Labute approximate surface area is 117 Å². The van der Waals surface area contributed by atoms with E-state index in [0.29, 0.717) is 4.90 Å². The summed E-state index contributed by atoms with van der Waals surface area (Å²) < 4.78 is 37.9. The molecule has 0 bridgehead atoms. The van der Waals surface area contributed by atoms with Gasteiger partial charge in [-0.2, -0.15) is 0 Å². The first-order valence-corrected chi connectivity index (χ1v) is 5.95. The van der Waals surface area contributed by atoms with Gasteiger partial charge in [-0.15, -0.1) is 0 Å². The highest BCUT2D eigenvalue weighted by Gasteiger charge is 2.22. The van der Waals surface area contributed by atoms with E-state index in [1.54, 1.807) is 0 Å². The molecule has 3 nitrogen and oxygen atoms in total. The van der Waals surface area contributed by atoms with Crippen LogP contribution in [0.25, 0.3) is 0 Å². The van der Waals surface area contributed by atoms with Crippen LogP contribution in [0, 0.1) is 5.82 Å². The number of hydrogen-bond acceptors (Lipinski definition) is 2. The van der Waals surface area contributed by atoms with E-state index in [4.69, 9.17) is 28.3 Å². The first-order chi connectivity index (χ1) is 8.86. The third kappa shape index (κ3) is 4.26. The van der Waals surface area contributed by atoms with E-state index in [9.17, 15) is 18.0 Å². The number of alkyl halides is 2. The Morgan fingerprint density at radius 3 is 2.47 bits per heavy atom. The molecule has 1 aromatic rings. The third-order valence-electron chi connectivity index (χ3n) is 2.26. The highest BCUT2D eigenvalue weighted by molar-refractivity contribution is 6.36. The number of benzene rings is 1. The van der Waals surface area contributed by atoms with Crippen molar-refractivity contribution >= 4 is 29.1 Å².